The third-order valence-corrected chi connectivity index (χ3v) is 5.27. The van der Waals surface area contributed by atoms with Crippen molar-refractivity contribution in [2.75, 3.05) is 7.05 Å². The highest BCUT2D eigenvalue weighted by atomic mass is 16.2. The molecule has 0 aromatic heterocycles. The molecule has 3 nitrogen and oxygen atoms in total. The summed E-state index contributed by atoms with van der Waals surface area (Å²) >= 11 is 0. The fourth-order valence-electron chi connectivity index (χ4n) is 4.99. The Labute approximate surface area is 97.2 Å². The molecule has 3 heteroatoms. The van der Waals surface area contributed by atoms with E-state index in [0.29, 0.717) is 0 Å². The molecule has 90 valence electrons. The first-order chi connectivity index (χ1) is 7.63. The second-order valence-electron chi connectivity index (χ2n) is 6.37. The van der Waals surface area contributed by atoms with Gasteiger partial charge in [0.05, 0.1) is 6.04 Å². The lowest BCUT2D eigenvalue weighted by molar-refractivity contribution is -0.132. The molecule has 4 saturated carbocycles. The Bertz CT molecular complexity index is 278. The number of carbonyl (C=O) groups excluding carboxylic acids is 1. The van der Waals surface area contributed by atoms with E-state index in [4.69, 9.17) is 5.73 Å². The molecule has 4 fully saturated rings. The van der Waals surface area contributed by atoms with E-state index in [1.165, 1.54) is 38.5 Å². The number of likely N-dealkylation sites (N-methyl/N-ethyl adjacent to an activating group) is 1. The number of carbonyl (C=O) groups is 1. The van der Waals surface area contributed by atoms with Crippen LogP contribution < -0.4 is 11.1 Å². The van der Waals surface area contributed by atoms with Crippen molar-refractivity contribution in [1.82, 2.24) is 5.32 Å². The Kier molecular flexibility index (Phi) is 2.29. The van der Waals surface area contributed by atoms with E-state index >= 15 is 0 Å². The van der Waals surface area contributed by atoms with Crippen molar-refractivity contribution in [3.8, 4) is 0 Å². The minimum atomic E-state index is -0.272. The van der Waals surface area contributed by atoms with Gasteiger partial charge in [-0.15, -0.1) is 0 Å². The first-order valence-corrected chi connectivity index (χ1v) is 6.60. The molecule has 3 N–H and O–H groups in total. The number of rotatable bonds is 2. The zero-order valence-corrected chi connectivity index (χ0v) is 10.0. The monoisotopic (exact) mass is 222 g/mol. The Morgan fingerprint density at radius 1 is 1.19 bits per heavy atom. The average Bonchev–Trinajstić information content (AvgIpc) is 2.25. The standard InChI is InChI=1S/C13H22N2O/c1-15-12(16)11(14)13-5-8-2-9(6-13)4-10(3-8)7-13/h8-11H,2-7,14H2,1H3,(H,15,16). The summed E-state index contributed by atoms with van der Waals surface area (Å²) in [4.78, 5) is 11.8. The highest BCUT2D eigenvalue weighted by Gasteiger charge is 2.54. The van der Waals surface area contributed by atoms with Gasteiger partial charge in [0, 0.05) is 7.05 Å². The van der Waals surface area contributed by atoms with Crippen LogP contribution in [0.3, 0.4) is 0 Å². The normalized spacial score (nSPS) is 46.8. The number of nitrogens with one attached hydrogen (secondary N) is 1. The van der Waals surface area contributed by atoms with E-state index in [-0.39, 0.29) is 17.4 Å². The van der Waals surface area contributed by atoms with Crippen LogP contribution in [0.15, 0.2) is 0 Å². The van der Waals surface area contributed by atoms with Crippen LogP contribution in [0, 0.1) is 23.2 Å². The number of hydrogen-bond donors (Lipinski definition) is 2. The SMILES string of the molecule is CNC(=O)C(N)C12CC3CC(CC(C3)C1)C2. The predicted molar refractivity (Wildman–Crippen MR) is 62.6 cm³/mol. The molecule has 0 spiro atoms. The van der Waals surface area contributed by atoms with E-state index in [2.05, 4.69) is 5.32 Å². The molecular weight excluding hydrogens is 200 g/mol. The molecule has 0 heterocycles. The second kappa shape index (κ2) is 3.46. The van der Waals surface area contributed by atoms with E-state index in [1.54, 1.807) is 7.05 Å². The molecule has 4 rings (SSSR count). The van der Waals surface area contributed by atoms with Gasteiger partial charge < -0.3 is 11.1 Å². The second-order valence-corrected chi connectivity index (χ2v) is 6.37. The quantitative estimate of drug-likeness (QED) is 0.739. The van der Waals surface area contributed by atoms with Crippen LogP contribution in [0.25, 0.3) is 0 Å². The maximum atomic E-state index is 11.8. The molecule has 0 aromatic rings. The average molecular weight is 222 g/mol. The third kappa shape index (κ3) is 1.41. The molecule has 4 aliphatic rings. The summed E-state index contributed by atoms with van der Waals surface area (Å²) in [6, 6.07) is -0.272. The summed E-state index contributed by atoms with van der Waals surface area (Å²) in [6.45, 7) is 0. The van der Waals surface area contributed by atoms with Gasteiger partial charge in [0.1, 0.15) is 0 Å². The van der Waals surface area contributed by atoms with E-state index in [0.717, 1.165) is 17.8 Å². The smallest absolute Gasteiger partial charge is 0.237 e. The van der Waals surface area contributed by atoms with Crippen LogP contribution in [0.2, 0.25) is 0 Å². The van der Waals surface area contributed by atoms with Crippen LogP contribution in [0.1, 0.15) is 38.5 Å². The van der Waals surface area contributed by atoms with Gasteiger partial charge in [-0.2, -0.15) is 0 Å². The summed E-state index contributed by atoms with van der Waals surface area (Å²) in [5.41, 5.74) is 6.36. The summed E-state index contributed by atoms with van der Waals surface area (Å²) in [5.74, 6) is 2.63. The van der Waals surface area contributed by atoms with Gasteiger partial charge in [-0.3, -0.25) is 4.79 Å². The number of nitrogens with two attached hydrogens (primary N) is 1. The van der Waals surface area contributed by atoms with E-state index in [1.807, 2.05) is 0 Å². The molecule has 1 unspecified atom stereocenters. The van der Waals surface area contributed by atoms with Crippen LogP contribution in [-0.2, 0) is 4.79 Å². The fourth-order valence-corrected chi connectivity index (χ4v) is 4.99. The molecule has 0 saturated heterocycles. The zero-order valence-electron chi connectivity index (χ0n) is 10.0. The van der Waals surface area contributed by atoms with Gasteiger partial charge in [0.25, 0.3) is 0 Å². The summed E-state index contributed by atoms with van der Waals surface area (Å²) in [6.07, 6.45) is 7.81. The Morgan fingerprint density at radius 2 is 1.62 bits per heavy atom. The van der Waals surface area contributed by atoms with Gasteiger partial charge in [0.15, 0.2) is 0 Å². The lowest BCUT2D eigenvalue weighted by Crippen LogP contribution is -2.59. The molecule has 1 atom stereocenters. The van der Waals surface area contributed by atoms with E-state index < -0.39 is 0 Å². The Hall–Kier alpha value is -0.570. The van der Waals surface area contributed by atoms with Crippen LogP contribution >= 0.6 is 0 Å². The minimum absolute atomic E-state index is 0.0435. The molecule has 4 bridgehead atoms. The topological polar surface area (TPSA) is 55.1 Å². The van der Waals surface area contributed by atoms with Gasteiger partial charge in [-0.1, -0.05) is 0 Å². The van der Waals surface area contributed by atoms with Crippen molar-refractivity contribution < 1.29 is 4.79 Å². The highest BCUT2D eigenvalue weighted by molar-refractivity contribution is 5.82. The van der Waals surface area contributed by atoms with Crippen molar-refractivity contribution in [2.45, 2.75) is 44.6 Å². The molecule has 1 amide bonds. The zero-order chi connectivity index (χ0) is 11.3. The van der Waals surface area contributed by atoms with Gasteiger partial charge in [-0.25, -0.2) is 0 Å². The highest BCUT2D eigenvalue weighted by Crippen LogP contribution is 2.60. The fraction of sp³-hybridized carbons (Fsp3) is 0.923. The Balaban J connectivity index is 1.85. The lowest BCUT2D eigenvalue weighted by Gasteiger charge is -2.58. The molecule has 0 aliphatic heterocycles. The maximum Gasteiger partial charge on any atom is 0.237 e. The molecule has 0 radical (unpaired) electrons. The van der Waals surface area contributed by atoms with Crippen LogP contribution in [-0.4, -0.2) is 19.0 Å². The molecule has 16 heavy (non-hydrogen) atoms. The predicted octanol–water partition coefficient (Wildman–Crippen LogP) is 1.28. The van der Waals surface area contributed by atoms with Gasteiger partial charge in [0.2, 0.25) is 5.91 Å². The number of amides is 1. The first-order valence-electron chi connectivity index (χ1n) is 6.60. The molecular formula is C13H22N2O. The maximum absolute atomic E-state index is 11.8. The first kappa shape index (κ1) is 10.6. The van der Waals surface area contributed by atoms with Crippen LogP contribution in [0.5, 0.6) is 0 Å². The summed E-state index contributed by atoms with van der Waals surface area (Å²) in [5, 5.41) is 2.73. The van der Waals surface area contributed by atoms with Crippen molar-refractivity contribution in [3.63, 3.8) is 0 Å². The molecule has 4 aliphatic carbocycles. The van der Waals surface area contributed by atoms with Crippen LogP contribution in [0.4, 0.5) is 0 Å². The lowest BCUT2D eigenvalue weighted by atomic mass is 9.47. The Morgan fingerprint density at radius 3 is 2.00 bits per heavy atom. The van der Waals surface area contributed by atoms with Gasteiger partial charge >= 0.3 is 0 Å². The van der Waals surface area contributed by atoms with Crippen molar-refractivity contribution in [2.24, 2.45) is 28.9 Å². The number of hydrogen-bond acceptors (Lipinski definition) is 2. The summed E-state index contributed by atoms with van der Waals surface area (Å²) < 4.78 is 0. The minimum Gasteiger partial charge on any atom is -0.358 e. The summed E-state index contributed by atoms with van der Waals surface area (Å²) in [7, 11) is 1.70. The van der Waals surface area contributed by atoms with Crippen molar-refractivity contribution in [3.05, 3.63) is 0 Å². The molecule has 0 aromatic carbocycles. The van der Waals surface area contributed by atoms with Crippen molar-refractivity contribution >= 4 is 5.91 Å². The van der Waals surface area contributed by atoms with Gasteiger partial charge in [-0.05, 0) is 61.7 Å². The van der Waals surface area contributed by atoms with E-state index in [9.17, 15) is 4.79 Å². The largest absolute Gasteiger partial charge is 0.358 e. The third-order valence-electron chi connectivity index (χ3n) is 5.27. The van der Waals surface area contributed by atoms with Crippen molar-refractivity contribution in [1.29, 1.82) is 0 Å².